The van der Waals surface area contributed by atoms with E-state index < -0.39 is 16.8 Å². The molecule has 2 aliphatic rings. The van der Waals surface area contributed by atoms with E-state index >= 15 is 0 Å². The number of amides is 1. The molecule has 5 heteroatoms. The van der Waals surface area contributed by atoms with E-state index in [9.17, 15) is 19.1 Å². The number of hydrogen-bond donors (Lipinski definition) is 1. The van der Waals surface area contributed by atoms with Gasteiger partial charge in [-0.15, -0.1) is 0 Å². The Hall–Kier alpha value is -1.91. The largest absolute Gasteiger partial charge is 0.481 e. The zero-order valence-corrected chi connectivity index (χ0v) is 14.1. The van der Waals surface area contributed by atoms with Crippen LogP contribution < -0.4 is 0 Å². The number of benzene rings is 1. The highest BCUT2D eigenvalue weighted by Gasteiger charge is 2.49. The lowest BCUT2D eigenvalue weighted by Gasteiger charge is -2.39. The van der Waals surface area contributed by atoms with Crippen LogP contribution >= 0.6 is 0 Å². The number of carbonyl (C=O) groups excluding carboxylic acids is 1. The molecule has 1 aromatic rings. The molecule has 3 rings (SSSR count). The van der Waals surface area contributed by atoms with Crippen molar-refractivity contribution in [3.8, 4) is 0 Å². The summed E-state index contributed by atoms with van der Waals surface area (Å²) in [5.41, 5.74) is -0.853. The highest BCUT2D eigenvalue weighted by atomic mass is 19.1. The Balaban J connectivity index is 1.92. The van der Waals surface area contributed by atoms with Crippen molar-refractivity contribution in [1.82, 2.24) is 4.90 Å². The molecule has 1 amide bonds. The summed E-state index contributed by atoms with van der Waals surface area (Å²) in [7, 11) is 0. The van der Waals surface area contributed by atoms with Gasteiger partial charge in [0.25, 0.3) is 0 Å². The van der Waals surface area contributed by atoms with Crippen LogP contribution in [0.3, 0.4) is 0 Å². The van der Waals surface area contributed by atoms with Gasteiger partial charge in [-0.2, -0.15) is 0 Å². The van der Waals surface area contributed by atoms with Crippen molar-refractivity contribution in [2.24, 2.45) is 5.41 Å². The molecule has 1 unspecified atom stereocenters. The summed E-state index contributed by atoms with van der Waals surface area (Å²) in [6, 6.07) is 6.34. The Labute approximate surface area is 141 Å². The molecular weight excluding hydrogens is 309 g/mol. The van der Waals surface area contributed by atoms with Crippen LogP contribution in [0.1, 0.15) is 51.0 Å². The highest BCUT2D eigenvalue weighted by molar-refractivity contribution is 5.89. The second kappa shape index (κ2) is 6.19. The quantitative estimate of drug-likeness (QED) is 0.923. The van der Waals surface area contributed by atoms with Crippen LogP contribution in [0.4, 0.5) is 4.39 Å². The minimum atomic E-state index is -0.881. The third-order valence-corrected chi connectivity index (χ3v) is 5.77. The Morgan fingerprint density at radius 2 is 1.88 bits per heavy atom. The maximum Gasteiger partial charge on any atom is 0.311 e. The van der Waals surface area contributed by atoms with Crippen LogP contribution in [0.5, 0.6) is 0 Å². The molecule has 0 aromatic heterocycles. The van der Waals surface area contributed by atoms with Gasteiger partial charge in [-0.25, -0.2) is 4.39 Å². The topological polar surface area (TPSA) is 57.6 Å². The highest BCUT2D eigenvalue weighted by Crippen LogP contribution is 2.43. The molecule has 130 valence electrons. The SMILES string of the molecule is CC1(C(=O)O)CCN(C(=O)C2(c3cccc(F)c3)CCCCC2)C1. The van der Waals surface area contributed by atoms with Gasteiger partial charge in [-0.3, -0.25) is 9.59 Å². The molecule has 1 aromatic carbocycles. The fourth-order valence-electron chi connectivity index (χ4n) is 4.18. The summed E-state index contributed by atoms with van der Waals surface area (Å²) in [5.74, 6) is -1.22. The predicted molar refractivity (Wildman–Crippen MR) is 88.1 cm³/mol. The summed E-state index contributed by atoms with van der Waals surface area (Å²) in [4.78, 5) is 26.5. The number of rotatable bonds is 3. The monoisotopic (exact) mass is 333 g/mol. The molecule has 1 aliphatic heterocycles. The van der Waals surface area contributed by atoms with Crippen molar-refractivity contribution in [2.45, 2.75) is 50.9 Å². The second-order valence-electron chi connectivity index (χ2n) is 7.50. The molecule has 4 nitrogen and oxygen atoms in total. The first-order chi connectivity index (χ1) is 11.4. The lowest BCUT2D eigenvalue weighted by molar-refractivity contribution is -0.148. The molecule has 0 spiro atoms. The van der Waals surface area contributed by atoms with E-state index in [4.69, 9.17) is 0 Å². The lowest BCUT2D eigenvalue weighted by atomic mass is 9.68. The first kappa shape index (κ1) is 16.9. The smallest absolute Gasteiger partial charge is 0.311 e. The number of carbonyl (C=O) groups is 2. The van der Waals surface area contributed by atoms with Gasteiger partial charge in [-0.05, 0) is 43.9 Å². The molecule has 0 radical (unpaired) electrons. The average molecular weight is 333 g/mol. The first-order valence-corrected chi connectivity index (χ1v) is 8.66. The summed E-state index contributed by atoms with van der Waals surface area (Å²) < 4.78 is 13.8. The third kappa shape index (κ3) is 2.80. The number of aliphatic carboxylic acids is 1. The number of nitrogens with zero attached hydrogens (tertiary/aromatic N) is 1. The average Bonchev–Trinajstić information content (AvgIpc) is 2.98. The van der Waals surface area contributed by atoms with Crippen LogP contribution in [0.2, 0.25) is 0 Å². The molecule has 1 N–H and O–H groups in total. The van der Waals surface area contributed by atoms with E-state index in [2.05, 4.69) is 0 Å². The van der Waals surface area contributed by atoms with Gasteiger partial charge in [0.05, 0.1) is 10.8 Å². The normalized spacial score (nSPS) is 26.3. The lowest BCUT2D eigenvalue weighted by Crippen LogP contribution is -2.48. The Morgan fingerprint density at radius 3 is 2.46 bits per heavy atom. The molecule has 1 saturated heterocycles. The number of hydrogen-bond acceptors (Lipinski definition) is 2. The van der Waals surface area contributed by atoms with E-state index in [1.54, 1.807) is 17.9 Å². The number of carboxylic acids is 1. The van der Waals surface area contributed by atoms with Gasteiger partial charge in [0, 0.05) is 13.1 Å². The van der Waals surface area contributed by atoms with E-state index in [0.29, 0.717) is 25.8 Å². The van der Waals surface area contributed by atoms with Crippen LogP contribution in [0.15, 0.2) is 24.3 Å². The van der Waals surface area contributed by atoms with E-state index in [1.807, 2.05) is 6.07 Å². The molecule has 1 atom stereocenters. The first-order valence-electron chi connectivity index (χ1n) is 8.66. The number of likely N-dealkylation sites (tertiary alicyclic amines) is 1. The van der Waals surface area contributed by atoms with Crippen molar-refractivity contribution in [1.29, 1.82) is 0 Å². The molecule has 0 bridgehead atoms. The van der Waals surface area contributed by atoms with Gasteiger partial charge in [0.15, 0.2) is 0 Å². The van der Waals surface area contributed by atoms with Gasteiger partial charge in [0.1, 0.15) is 5.82 Å². The summed E-state index contributed by atoms with van der Waals surface area (Å²) in [6.07, 6.45) is 4.83. The maximum absolute atomic E-state index is 13.8. The van der Waals surface area contributed by atoms with Crippen molar-refractivity contribution in [3.63, 3.8) is 0 Å². The summed E-state index contributed by atoms with van der Waals surface area (Å²) in [5, 5.41) is 9.41. The minimum Gasteiger partial charge on any atom is -0.481 e. The van der Waals surface area contributed by atoms with Crippen LogP contribution in [-0.4, -0.2) is 35.0 Å². The summed E-state index contributed by atoms with van der Waals surface area (Å²) in [6.45, 7) is 2.38. The van der Waals surface area contributed by atoms with Gasteiger partial charge in [-0.1, -0.05) is 31.4 Å². The third-order valence-electron chi connectivity index (χ3n) is 5.77. The molecule has 1 aliphatic carbocycles. The van der Waals surface area contributed by atoms with Crippen LogP contribution in [-0.2, 0) is 15.0 Å². The Kier molecular flexibility index (Phi) is 4.37. The fraction of sp³-hybridized carbons (Fsp3) is 0.579. The van der Waals surface area contributed by atoms with Crippen molar-refractivity contribution in [3.05, 3.63) is 35.6 Å². The predicted octanol–water partition coefficient (Wildman–Crippen LogP) is 3.35. The van der Waals surface area contributed by atoms with Gasteiger partial charge >= 0.3 is 5.97 Å². The Morgan fingerprint density at radius 1 is 1.17 bits per heavy atom. The molecule has 24 heavy (non-hydrogen) atoms. The summed E-state index contributed by atoms with van der Waals surface area (Å²) >= 11 is 0. The second-order valence-corrected chi connectivity index (χ2v) is 7.50. The molecule has 2 fully saturated rings. The van der Waals surface area contributed by atoms with Crippen molar-refractivity contribution < 1.29 is 19.1 Å². The number of halogens is 1. The maximum atomic E-state index is 13.8. The number of carboxylic acid groups (broad SMARTS) is 1. The van der Waals surface area contributed by atoms with E-state index in [0.717, 1.165) is 24.8 Å². The fourth-order valence-corrected chi connectivity index (χ4v) is 4.18. The molecular formula is C19H24FNO3. The van der Waals surface area contributed by atoms with Crippen LogP contribution in [0.25, 0.3) is 0 Å². The van der Waals surface area contributed by atoms with Gasteiger partial charge in [0.2, 0.25) is 5.91 Å². The minimum absolute atomic E-state index is 0.0298. The zero-order valence-electron chi connectivity index (χ0n) is 14.1. The van der Waals surface area contributed by atoms with Crippen LogP contribution in [0, 0.1) is 11.2 Å². The van der Waals surface area contributed by atoms with Gasteiger partial charge < -0.3 is 10.0 Å². The molecule has 1 saturated carbocycles. The van der Waals surface area contributed by atoms with Crippen molar-refractivity contribution in [2.75, 3.05) is 13.1 Å². The molecule has 1 heterocycles. The standard InChI is InChI=1S/C19H24FNO3/c1-18(17(23)24)10-11-21(13-18)16(22)19(8-3-2-4-9-19)14-6-5-7-15(20)12-14/h5-7,12H,2-4,8-11,13H2,1H3,(H,23,24). The van der Waals surface area contributed by atoms with E-state index in [1.165, 1.54) is 12.1 Å². The Bertz CT molecular complexity index is 654. The van der Waals surface area contributed by atoms with E-state index in [-0.39, 0.29) is 18.3 Å². The zero-order chi connectivity index (χ0) is 17.4. The van der Waals surface area contributed by atoms with Crippen molar-refractivity contribution >= 4 is 11.9 Å².